The second kappa shape index (κ2) is 12.7. The third-order valence-corrected chi connectivity index (χ3v) is 8.81. The Morgan fingerprint density at radius 2 is 0.617 bits per heavy atom. The number of anilines is 3. The van der Waals surface area contributed by atoms with E-state index in [4.69, 9.17) is 0 Å². The van der Waals surface area contributed by atoms with Crippen molar-refractivity contribution in [2.45, 2.75) is 0 Å². The molecule has 0 bridgehead atoms. The Morgan fingerprint density at radius 1 is 0.234 bits per heavy atom. The first kappa shape index (κ1) is 28.3. The Balaban J connectivity index is 1.28. The maximum absolute atomic E-state index is 2.36. The molecular weight excluding hydrogens is 567 g/mol. The van der Waals surface area contributed by atoms with E-state index < -0.39 is 0 Å². The van der Waals surface area contributed by atoms with Gasteiger partial charge in [0.1, 0.15) is 0 Å². The summed E-state index contributed by atoms with van der Waals surface area (Å²) < 4.78 is 0. The van der Waals surface area contributed by atoms with E-state index in [1.807, 2.05) is 0 Å². The first-order chi connectivity index (χ1) is 23.3. The van der Waals surface area contributed by atoms with Crippen LogP contribution in [0.5, 0.6) is 0 Å². The monoisotopic (exact) mass is 599 g/mol. The number of para-hydroxylation sites is 1. The summed E-state index contributed by atoms with van der Waals surface area (Å²) in [6.45, 7) is 0. The van der Waals surface area contributed by atoms with Crippen LogP contribution in [0.1, 0.15) is 0 Å². The molecule has 0 unspecified atom stereocenters. The summed E-state index contributed by atoms with van der Waals surface area (Å²) in [5, 5.41) is 2.48. The minimum Gasteiger partial charge on any atom is -0.310 e. The molecule has 47 heavy (non-hydrogen) atoms. The summed E-state index contributed by atoms with van der Waals surface area (Å²) in [7, 11) is 0. The van der Waals surface area contributed by atoms with E-state index in [1.54, 1.807) is 0 Å². The molecule has 0 heterocycles. The van der Waals surface area contributed by atoms with Crippen molar-refractivity contribution >= 4 is 27.8 Å². The highest BCUT2D eigenvalue weighted by molar-refractivity contribution is 5.97. The molecule has 0 fully saturated rings. The topological polar surface area (TPSA) is 3.24 Å². The zero-order valence-corrected chi connectivity index (χ0v) is 26.0. The van der Waals surface area contributed by atoms with Crippen LogP contribution in [-0.4, -0.2) is 0 Å². The molecule has 0 radical (unpaired) electrons. The van der Waals surface area contributed by atoms with Crippen molar-refractivity contribution in [1.29, 1.82) is 0 Å². The molecule has 1 heteroatoms. The van der Waals surface area contributed by atoms with E-state index in [9.17, 15) is 0 Å². The lowest BCUT2D eigenvalue weighted by molar-refractivity contribution is 1.28. The van der Waals surface area contributed by atoms with Crippen LogP contribution in [0.25, 0.3) is 55.3 Å². The molecule has 0 aliphatic rings. The molecule has 0 atom stereocenters. The highest BCUT2D eigenvalue weighted by Gasteiger charge is 2.17. The molecule has 8 aromatic rings. The van der Waals surface area contributed by atoms with Gasteiger partial charge in [-0.15, -0.1) is 0 Å². The SMILES string of the molecule is c1ccc(-c2cc(-c3ccccc3)cc(N(c3ccccc3)c3ccc(-c4cc5ccccc5cc4-c4ccccc4)cc3)c2)cc1. The largest absolute Gasteiger partial charge is 0.310 e. The van der Waals surface area contributed by atoms with Crippen molar-refractivity contribution in [1.82, 2.24) is 0 Å². The fourth-order valence-corrected chi connectivity index (χ4v) is 6.48. The van der Waals surface area contributed by atoms with E-state index in [1.165, 1.54) is 55.3 Å². The molecule has 0 aliphatic carbocycles. The van der Waals surface area contributed by atoms with Crippen molar-refractivity contribution < 1.29 is 0 Å². The first-order valence-corrected chi connectivity index (χ1v) is 16.1. The molecule has 0 saturated heterocycles. The molecule has 1 nitrogen and oxygen atoms in total. The zero-order chi connectivity index (χ0) is 31.4. The van der Waals surface area contributed by atoms with Crippen LogP contribution < -0.4 is 4.90 Å². The third-order valence-electron chi connectivity index (χ3n) is 8.81. The summed E-state index contributed by atoms with van der Waals surface area (Å²) in [6, 6.07) is 71.9. The molecule has 222 valence electrons. The van der Waals surface area contributed by atoms with E-state index in [-0.39, 0.29) is 0 Å². The Labute approximate surface area is 276 Å². The maximum Gasteiger partial charge on any atom is 0.0473 e. The van der Waals surface area contributed by atoms with Crippen molar-refractivity contribution in [2.75, 3.05) is 4.90 Å². The average molecular weight is 600 g/mol. The average Bonchev–Trinajstić information content (AvgIpc) is 3.16. The van der Waals surface area contributed by atoms with Gasteiger partial charge in [0.25, 0.3) is 0 Å². The van der Waals surface area contributed by atoms with E-state index in [0.717, 1.165) is 17.1 Å². The number of nitrogens with zero attached hydrogens (tertiary/aromatic N) is 1. The number of hydrogen-bond acceptors (Lipinski definition) is 1. The predicted octanol–water partition coefficient (Wildman–Crippen LogP) is 13.0. The standard InChI is InChI=1S/C46H33N/c1-5-15-34(16-6-1)40-29-41(35-17-7-2-8-18-35)31-44(30-40)47(42-23-11-4-12-24-42)43-27-25-37(26-28-43)46-33-39-22-14-13-21-38(39)32-45(46)36-19-9-3-10-20-36/h1-33H. The quantitative estimate of drug-likeness (QED) is 0.176. The van der Waals surface area contributed by atoms with Crippen molar-refractivity contribution in [3.63, 3.8) is 0 Å². The highest BCUT2D eigenvalue weighted by atomic mass is 15.1. The smallest absolute Gasteiger partial charge is 0.0473 e. The van der Waals surface area contributed by atoms with Gasteiger partial charge in [-0.1, -0.05) is 146 Å². The predicted molar refractivity (Wildman–Crippen MR) is 200 cm³/mol. The second-order valence-corrected chi connectivity index (χ2v) is 11.8. The van der Waals surface area contributed by atoms with Gasteiger partial charge < -0.3 is 4.90 Å². The molecule has 0 saturated carbocycles. The van der Waals surface area contributed by atoms with Crippen LogP contribution in [0.15, 0.2) is 200 Å². The van der Waals surface area contributed by atoms with Gasteiger partial charge >= 0.3 is 0 Å². The number of hydrogen-bond donors (Lipinski definition) is 0. The van der Waals surface area contributed by atoms with Crippen LogP contribution in [0.3, 0.4) is 0 Å². The molecule has 8 aromatic carbocycles. The fourth-order valence-electron chi connectivity index (χ4n) is 6.48. The van der Waals surface area contributed by atoms with Crippen LogP contribution in [0, 0.1) is 0 Å². The van der Waals surface area contributed by atoms with Gasteiger partial charge in [-0.05, 0) is 110 Å². The number of benzene rings is 8. The van der Waals surface area contributed by atoms with Gasteiger partial charge in [-0.25, -0.2) is 0 Å². The Hall–Kier alpha value is -6.18. The number of fused-ring (bicyclic) bond motifs is 1. The summed E-state index contributed by atoms with van der Waals surface area (Å²) in [6.07, 6.45) is 0. The van der Waals surface area contributed by atoms with E-state index in [2.05, 4.69) is 205 Å². The lowest BCUT2D eigenvalue weighted by atomic mass is 9.91. The first-order valence-electron chi connectivity index (χ1n) is 16.1. The van der Waals surface area contributed by atoms with Crippen molar-refractivity contribution in [3.8, 4) is 44.5 Å². The number of rotatable bonds is 7. The summed E-state index contributed by atoms with van der Waals surface area (Å²) in [4.78, 5) is 2.36. The molecule has 0 aromatic heterocycles. The molecule has 0 N–H and O–H groups in total. The normalized spacial score (nSPS) is 11.0. The van der Waals surface area contributed by atoms with E-state index >= 15 is 0 Å². The van der Waals surface area contributed by atoms with Gasteiger partial charge in [0.2, 0.25) is 0 Å². The lowest BCUT2D eigenvalue weighted by Gasteiger charge is -2.27. The highest BCUT2D eigenvalue weighted by Crippen LogP contribution is 2.41. The molecule has 0 spiro atoms. The maximum atomic E-state index is 2.36. The van der Waals surface area contributed by atoms with Crippen molar-refractivity contribution in [3.05, 3.63) is 200 Å². The van der Waals surface area contributed by atoms with Gasteiger partial charge in [0.05, 0.1) is 0 Å². The van der Waals surface area contributed by atoms with Crippen LogP contribution in [0.2, 0.25) is 0 Å². The summed E-state index contributed by atoms with van der Waals surface area (Å²) in [5.41, 5.74) is 12.9. The summed E-state index contributed by atoms with van der Waals surface area (Å²) in [5.74, 6) is 0. The Kier molecular flexibility index (Phi) is 7.63. The fraction of sp³-hybridized carbons (Fsp3) is 0. The van der Waals surface area contributed by atoms with Gasteiger partial charge in [0.15, 0.2) is 0 Å². The summed E-state index contributed by atoms with van der Waals surface area (Å²) >= 11 is 0. The minimum absolute atomic E-state index is 1.10. The lowest BCUT2D eigenvalue weighted by Crippen LogP contribution is -2.10. The Morgan fingerprint density at radius 3 is 1.11 bits per heavy atom. The molecular formula is C46H33N. The molecule has 0 aliphatic heterocycles. The van der Waals surface area contributed by atoms with E-state index in [0.29, 0.717) is 0 Å². The third kappa shape index (κ3) is 5.83. The van der Waals surface area contributed by atoms with Gasteiger partial charge in [-0.2, -0.15) is 0 Å². The van der Waals surface area contributed by atoms with Gasteiger partial charge in [-0.3, -0.25) is 0 Å². The van der Waals surface area contributed by atoms with Gasteiger partial charge in [0, 0.05) is 17.1 Å². The zero-order valence-electron chi connectivity index (χ0n) is 26.0. The molecule has 0 amide bonds. The van der Waals surface area contributed by atoms with Crippen LogP contribution in [0.4, 0.5) is 17.1 Å². The second-order valence-electron chi connectivity index (χ2n) is 11.8. The van der Waals surface area contributed by atoms with Crippen LogP contribution in [-0.2, 0) is 0 Å². The molecule has 8 rings (SSSR count). The minimum atomic E-state index is 1.10. The van der Waals surface area contributed by atoms with Crippen LogP contribution >= 0.6 is 0 Å². The Bertz CT molecular complexity index is 2200. The van der Waals surface area contributed by atoms with Crippen molar-refractivity contribution in [2.24, 2.45) is 0 Å².